The maximum atomic E-state index is 12.9. The van der Waals surface area contributed by atoms with Crippen LogP contribution in [0.3, 0.4) is 0 Å². The van der Waals surface area contributed by atoms with Crippen molar-refractivity contribution in [1.82, 2.24) is 14.9 Å². The van der Waals surface area contributed by atoms with Crippen LogP contribution < -0.4 is 10.6 Å². The van der Waals surface area contributed by atoms with Gasteiger partial charge in [-0.3, -0.25) is 4.79 Å². The van der Waals surface area contributed by atoms with Gasteiger partial charge in [0, 0.05) is 30.3 Å². The molecule has 5 nitrogen and oxygen atoms in total. The quantitative estimate of drug-likeness (QED) is 0.854. The van der Waals surface area contributed by atoms with Crippen molar-refractivity contribution in [2.45, 2.75) is 25.7 Å². The second-order valence-electron chi connectivity index (χ2n) is 6.70. The lowest BCUT2D eigenvalue weighted by Crippen LogP contribution is -2.44. The van der Waals surface area contributed by atoms with E-state index in [1.165, 1.54) is 12.8 Å². The monoisotopic (exact) mass is 382 g/mol. The number of halogens is 2. The molecule has 1 aromatic carbocycles. The highest BCUT2D eigenvalue weighted by Gasteiger charge is 2.49. The standard InChI is InChI=1S/C18H22N4O.2ClH/c23-17(18-8-2-1-3-14(18)11-20-12-18)21-15-4-6-16(7-5-15)22-10-9-19-13-22;;/h4-7,9-10,13-14,20H,1-3,8,11-12H2,(H,21,23);2*1H/t14-,18+;;/m0../s1. The summed E-state index contributed by atoms with van der Waals surface area (Å²) in [6.45, 7) is 1.80. The molecule has 1 amide bonds. The molecule has 0 radical (unpaired) electrons. The number of aromatic nitrogens is 2. The van der Waals surface area contributed by atoms with Crippen LogP contribution in [0.25, 0.3) is 5.69 Å². The number of amides is 1. The van der Waals surface area contributed by atoms with E-state index in [9.17, 15) is 4.79 Å². The Morgan fingerprint density at radius 3 is 2.76 bits per heavy atom. The molecule has 2 aromatic rings. The minimum Gasteiger partial charge on any atom is -0.326 e. The highest BCUT2D eigenvalue weighted by Crippen LogP contribution is 2.44. The summed E-state index contributed by atoms with van der Waals surface area (Å²) < 4.78 is 1.95. The number of carbonyl (C=O) groups excluding carboxylic acids is 1. The number of imidazole rings is 1. The third kappa shape index (κ3) is 3.68. The smallest absolute Gasteiger partial charge is 0.232 e. The van der Waals surface area contributed by atoms with Gasteiger partial charge in [-0.15, -0.1) is 24.8 Å². The lowest BCUT2D eigenvalue weighted by Gasteiger charge is -2.37. The Morgan fingerprint density at radius 2 is 2.04 bits per heavy atom. The molecule has 1 saturated carbocycles. The van der Waals surface area contributed by atoms with Crippen LogP contribution in [0.15, 0.2) is 43.0 Å². The minimum absolute atomic E-state index is 0. The zero-order valence-electron chi connectivity index (χ0n) is 14.0. The molecule has 2 heterocycles. The molecule has 1 aliphatic carbocycles. The summed E-state index contributed by atoms with van der Waals surface area (Å²) >= 11 is 0. The molecule has 0 bridgehead atoms. The summed E-state index contributed by atoms with van der Waals surface area (Å²) in [6.07, 6.45) is 10.0. The predicted octanol–water partition coefficient (Wildman–Crippen LogP) is 3.43. The molecular weight excluding hydrogens is 359 g/mol. The summed E-state index contributed by atoms with van der Waals surface area (Å²) in [5, 5.41) is 6.57. The fraction of sp³-hybridized carbons (Fsp3) is 0.444. The molecule has 1 saturated heterocycles. The summed E-state index contributed by atoms with van der Waals surface area (Å²) in [4.78, 5) is 17.0. The number of fused-ring (bicyclic) bond motifs is 1. The van der Waals surface area contributed by atoms with Crippen LogP contribution in [-0.2, 0) is 4.79 Å². The van der Waals surface area contributed by atoms with Crippen LogP contribution >= 0.6 is 24.8 Å². The third-order valence-electron chi connectivity index (χ3n) is 5.42. The molecule has 25 heavy (non-hydrogen) atoms. The summed E-state index contributed by atoms with van der Waals surface area (Å²) in [7, 11) is 0. The zero-order chi connectivity index (χ0) is 15.7. The van der Waals surface area contributed by atoms with Gasteiger partial charge in [-0.1, -0.05) is 12.8 Å². The van der Waals surface area contributed by atoms with Crippen LogP contribution in [0.2, 0.25) is 0 Å². The Labute approximate surface area is 160 Å². The molecule has 1 aliphatic heterocycles. The molecule has 0 spiro atoms. The van der Waals surface area contributed by atoms with Crippen LogP contribution in [0.4, 0.5) is 5.69 Å². The number of hydrogen-bond donors (Lipinski definition) is 2. The number of nitrogens with one attached hydrogen (secondary N) is 2. The van der Waals surface area contributed by atoms with E-state index in [2.05, 4.69) is 15.6 Å². The van der Waals surface area contributed by atoms with Crippen molar-refractivity contribution in [1.29, 1.82) is 0 Å². The van der Waals surface area contributed by atoms with Gasteiger partial charge in [0.05, 0.1) is 11.7 Å². The zero-order valence-corrected chi connectivity index (χ0v) is 15.6. The van der Waals surface area contributed by atoms with Crippen LogP contribution in [0, 0.1) is 11.3 Å². The molecular formula is C18H24Cl2N4O. The van der Waals surface area contributed by atoms with Gasteiger partial charge < -0.3 is 15.2 Å². The molecule has 2 atom stereocenters. The Balaban J connectivity index is 0.00000113. The van der Waals surface area contributed by atoms with Crippen LogP contribution in [-0.4, -0.2) is 28.5 Å². The highest BCUT2D eigenvalue weighted by molar-refractivity contribution is 5.96. The van der Waals surface area contributed by atoms with Crippen LogP contribution in [0.5, 0.6) is 0 Å². The fourth-order valence-corrected chi connectivity index (χ4v) is 4.07. The van der Waals surface area contributed by atoms with Gasteiger partial charge in [0.1, 0.15) is 0 Å². The average Bonchev–Trinajstić information content (AvgIpc) is 3.25. The average molecular weight is 383 g/mol. The van der Waals surface area contributed by atoms with Gasteiger partial charge in [0.2, 0.25) is 5.91 Å². The first-order valence-corrected chi connectivity index (χ1v) is 8.38. The number of benzene rings is 1. The SMILES string of the molecule is Cl.Cl.O=C(Nc1ccc(-n2ccnc2)cc1)[C@@]12CCCC[C@H]1CNC2. The molecule has 1 aromatic heterocycles. The van der Waals surface area contributed by atoms with Crippen molar-refractivity contribution >= 4 is 36.4 Å². The molecule has 4 rings (SSSR count). The van der Waals surface area contributed by atoms with Crippen molar-refractivity contribution in [2.75, 3.05) is 18.4 Å². The summed E-state index contributed by atoms with van der Waals surface area (Å²) in [5.41, 5.74) is 1.70. The first-order chi connectivity index (χ1) is 11.3. The summed E-state index contributed by atoms with van der Waals surface area (Å²) in [6, 6.07) is 7.93. The van der Waals surface area contributed by atoms with Crippen molar-refractivity contribution in [3.8, 4) is 5.69 Å². The normalized spacial score (nSPS) is 24.6. The van der Waals surface area contributed by atoms with E-state index in [-0.39, 0.29) is 36.1 Å². The predicted molar refractivity (Wildman–Crippen MR) is 104 cm³/mol. The van der Waals surface area contributed by atoms with Crippen LogP contribution in [0.1, 0.15) is 25.7 Å². The van der Waals surface area contributed by atoms with E-state index in [1.54, 1.807) is 12.5 Å². The Hall–Kier alpha value is -1.56. The first-order valence-electron chi connectivity index (χ1n) is 8.38. The van der Waals surface area contributed by atoms with Crippen molar-refractivity contribution in [3.05, 3.63) is 43.0 Å². The molecule has 136 valence electrons. The molecule has 7 heteroatoms. The van der Waals surface area contributed by atoms with Crippen molar-refractivity contribution in [3.63, 3.8) is 0 Å². The Bertz CT molecular complexity index is 690. The van der Waals surface area contributed by atoms with E-state index in [4.69, 9.17) is 0 Å². The van der Waals surface area contributed by atoms with E-state index in [0.717, 1.165) is 37.3 Å². The van der Waals surface area contributed by atoms with E-state index < -0.39 is 0 Å². The Morgan fingerprint density at radius 1 is 1.24 bits per heavy atom. The lowest BCUT2D eigenvalue weighted by molar-refractivity contribution is -0.128. The van der Waals surface area contributed by atoms with E-state index in [1.807, 2.05) is 35.0 Å². The Kier molecular flexibility index (Phi) is 6.49. The second kappa shape index (κ2) is 8.21. The van der Waals surface area contributed by atoms with Gasteiger partial charge in [-0.05, 0) is 49.6 Å². The van der Waals surface area contributed by atoms with Crippen molar-refractivity contribution < 1.29 is 4.79 Å². The molecule has 2 aliphatic rings. The summed E-state index contributed by atoms with van der Waals surface area (Å²) in [5.74, 6) is 0.670. The molecule has 2 N–H and O–H groups in total. The second-order valence-corrected chi connectivity index (χ2v) is 6.70. The number of hydrogen-bond acceptors (Lipinski definition) is 3. The number of anilines is 1. The molecule has 0 unspecified atom stereocenters. The first kappa shape index (κ1) is 19.8. The van der Waals surface area contributed by atoms with Gasteiger partial charge >= 0.3 is 0 Å². The van der Waals surface area contributed by atoms with Gasteiger partial charge in [-0.25, -0.2) is 4.98 Å². The van der Waals surface area contributed by atoms with Crippen molar-refractivity contribution in [2.24, 2.45) is 11.3 Å². The molecule has 2 fully saturated rings. The highest BCUT2D eigenvalue weighted by atomic mass is 35.5. The minimum atomic E-state index is -0.207. The fourth-order valence-electron chi connectivity index (χ4n) is 4.07. The topological polar surface area (TPSA) is 59.0 Å². The largest absolute Gasteiger partial charge is 0.326 e. The number of rotatable bonds is 3. The van der Waals surface area contributed by atoms with Gasteiger partial charge in [0.15, 0.2) is 0 Å². The number of carbonyl (C=O) groups is 1. The lowest BCUT2D eigenvalue weighted by atomic mass is 9.67. The number of nitrogens with zero attached hydrogens (tertiary/aromatic N) is 2. The maximum Gasteiger partial charge on any atom is 0.232 e. The van der Waals surface area contributed by atoms with E-state index >= 15 is 0 Å². The van der Waals surface area contributed by atoms with E-state index in [0.29, 0.717) is 5.92 Å². The maximum absolute atomic E-state index is 12.9. The van der Waals surface area contributed by atoms with Gasteiger partial charge in [0.25, 0.3) is 0 Å². The van der Waals surface area contributed by atoms with Gasteiger partial charge in [-0.2, -0.15) is 0 Å². The third-order valence-corrected chi connectivity index (χ3v) is 5.42.